The fraction of sp³-hybridized carbons (Fsp3) is 0.576. The van der Waals surface area contributed by atoms with Crippen molar-refractivity contribution in [3.8, 4) is 0 Å². The second-order valence-electron chi connectivity index (χ2n) is 12.9. The summed E-state index contributed by atoms with van der Waals surface area (Å²) in [7, 11) is 0.360. The van der Waals surface area contributed by atoms with Crippen molar-refractivity contribution in [1.82, 2.24) is 9.13 Å². The SMILES string of the molecule is CC(C)[Si](C(C)C)(C(C)C)n1cc(C2CCN(C)CC2)c2ccc(Nc3ccc(N4CCOCC4)cc3)cc21. The van der Waals surface area contributed by atoms with E-state index in [1.54, 1.807) is 5.56 Å². The second kappa shape index (κ2) is 11.7. The van der Waals surface area contributed by atoms with Gasteiger partial charge in [0.25, 0.3) is 0 Å². The molecule has 0 radical (unpaired) electrons. The molecule has 212 valence electrons. The van der Waals surface area contributed by atoms with Gasteiger partial charge in [0.1, 0.15) is 0 Å². The zero-order valence-electron chi connectivity index (χ0n) is 25.3. The Morgan fingerprint density at radius 1 is 0.795 bits per heavy atom. The Morgan fingerprint density at radius 3 is 1.97 bits per heavy atom. The third-order valence-corrected chi connectivity index (χ3v) is 16.5. The Balaban J connectivity index is 1.54. The summed E-state index contributed by atoms with van der Waals surface area (Å²) in [5.41, 5.74) is 8.57. The van der Waals surface area contributed by atoms with Gasteiger partial charge in [-0.1, -0.05) is 47.6 Å². The lowest BCUT2D eigenvalue weighted by atomic mass is 9.89. The fourth-order valence-corrected chi connectivity index (χ4v) is 14.5. The molecule has 2 aliphatic rings. The average Bonchev–Trinajstić information content (AvgIpc) is 3.28. The van der Waals surface area contributed by atoms with Gasteiger partial charge in [0.05, 0.1) is 13.2 Å². The molecule has 0 saturated carbocycles. The van der Waals surface area contributed by atoms with Crippen molar-refractivity contribution in [2.75, 3.05) is 56.7 Å². The molecule has 0 aliphatic carbocycles. The van der Waals surface area contributed by atoms with Gasteiger partial charge in [0.15, 0.2) is 8.24 Å². The van der Waals surface area contributed by atoms with E-state index < -0.39 is 8.24 Å². The number of ether oxygens (including phenoxy) is 1. The van der Waals surface area contributed by atoms with Crippen LogP contribution in [0.25, 0.3) is 10.9 Å². The molecule has 2 aromatic carbocycles. The topological polar surface area (TPSA) is 32.7 Å². The summed E-state index contributed by atoms with van der Waals surface area (Å²) < 4.78 is 8.36. The van der Waals surface area contributed by atoms with E-state index in [4.69, 9.17) is 4.74 Å². The minimum absolute atomic E-state index is 0.648. The van der Waals surface area contributed by atoms with Crippen LogP contribution in [0.1, 0.15) is 65.9 Å². The zero-order valence-corrected chi connectivity index (χ0v) is 26.3. The minimum atomic E-state index is -1.90. The Labute approximate surface area is 237 Å². The number of likely N-dealkylation sites (tertiary alicyclic amines) is 1. The molecule has 39 heavy (non-hydrogen) atoms. The van der Waals surface area contributed by atoms with Crippen LogP contribution in [-0.2, 0) is 4.74 Å². The molecule has 6 heteroatoms. The van der Waals surface area contributed by atoms with E-state index >= 15 is 0 Å². The van der Waals surface area contributed by atoms with Crippen LogP contribution < -0.4 is 10.2 Å². The van der Waals surface area contributed by atoms with Gasteiger partial charge in [-0.25, -0.2) is 0 Å². The number of aromatic nitrogens is 1. The summed E-state index contributed by atoms with van der Waals surface area (Å²) in [4.78, 5) is 4.89. The predicted octanol–water partition coefficient (Wildman–Crippen LogP) is 8.05. The molecular weight excluding hydrogens is 496 g/mol. The second-order valence-corrected chi connectivity index (χ2v) is 18.6. The van der Waals surface area contributed by atoms with Crippen LogP contribution in [0, 0.1) is 0 Å². The molecule has 0 atom stereocenters. The smallest absolute Gasteiger partial charge is 0.169 e. The summed E-state index contributed by atoms with van der Waals surface area (Å²) >= 11 is 0. The van der Waals surface area contributed by atoms with Gasteiger partial charge >= 0.3 is 0 Å². The monoisotopic (exact) mass is 546 g/mol. The largest absolute Gasteiger partial charge is 0.378 e. The number of piperidine rings is 1. The standard InChI is InChI=1S/C33H50N4OSi/c1-24(2)39(25(3)4,26(5)6)37-23-32(27-14-16-35(7)17-15-27)31-13-10-29(22-33(31)37)34-28-8-11-30(12-9-28)36-18-20-38-21-19-36/h8-13,22-27,34H,14-21H2,1-7H3. The molecule has 3 aromatic rings. The van der Waals surface area contributed by atoms with Crippen LogP contribution in [0.3, 0.4) is 0 Å². The maximum atomic E-state index is 5.53. The van der Waals surface area contributed by atoms with Crippen molar-refractivity contribution < 1.29 is 4.74 Å². The van der Waals surface area contributed by atoms with Gasteiger partial charge in [-0.2, -0.15) is 0 Å². The fourth-order valence-electron chi connectivity index (χ4n) is 7.87. The third-order valence-electron chi connectivity index (χ3n) is 9.72. The summed E-state index contributed by atoms with van der Waals surface area (Å²) in [6, 6.07) is 16.1. The molecule has 2 saturated heterocycles. The maximum absolute atomic E-state index is 5.53. The first-order chi connectivity index (χ1) is 18.7. The van der Waals surface area contributed by atoms with E-state index in [1.165, 1.54) is 48.2 Å². The summed E-state index contributed by atoms with van der Waals surface area (Å²) in [5.74, 6) is 0.648. The molecular formula is C33H50N4OSi. The first-order valence-corrected chi connectivity index (χ1v) is 17.4. The van der Waals surface area contributed by atoms with Crippen LogP contribution >= 0.6 is 0 Å². The van der Waals surface area contributed by atoms with Crippen molar-refractivity contribution in [3.05, 3.63) is 54.2 Å². The van der Waals surface area contributed by atoms with E-state index in [-0.39, 0.29) is 0 Å². The number of hydrogen-bond acceptors (Lipinski definition) is 4. The highest BCUT2D eigenvalue weighted by molar-refractivity contribution is 6.82. The van der Waals surface area contributed by atoms with Crippen molar-refractivity contribution in [3.63, 3.8) is 0 Å². The van der Waals surface area contributed by atoms with Crippen molar-refractivity contribution in [2.45, 2.75) is 76.9 Å². The van der Waals surface area contributed by atoms with Crippen LogP contribution in [0.2, 0.25) is 16.6 Å². The van der Waals surface area contributed by atoms with Crippen LogP contribution in [0.4, 0.5) is 17.1 Å². The molecule has 0 amide bonds. The highest BCUT2D eigenvalue weighted by Gasteiger charge is 2.46. The van der Waals surface area contributed by atoms with E-state index in [0.717, 1.165) is 32.0 Å². The van der Waals surface area contributed by atoms with Crippen molar-refractivity contribution in [1.29, 1.82) is 0 Å². The first kappa shape index (κ1) is 28.3. The lowest BCUT2D eigenvalue weighted by molar-refractivity contribution is 0.122. The molecule has 1 aromatic heterocycles. The number of morpholine rings is 1. The van der Waals surface area contributed by atoms with Crippen LogP contribution in [-0.4, -0.2) is 63.8 Å². The summed E-state index contributed by atoms with van der Waals surface area (Å²) in [6.07, 6.45) is 5.13. The lowest BCUT2D eigenvalue weighted by Crippen LogP contribution is -2.51. The molecule has 1 N–H and O–H groups in total. The molecule has 0 unspecified atom stereocenters. The number of benzene rings is 2. The van der Waals surface area contributed by atoms with Gasteiger partial charge in [0.2, 0.25) is 0 Å². The number of hydrogen-bond donors (Lipinski definition) is 1. The molecule has 2 fully saturated rings. The van der Waals surface area contributed by atoms with E-state index in [2.05, 4.69) is 117 Å². The Kier molecular flexibility index (Phi) is 8.46. The third kappa shape index (κ3) is 5.40. The van der Waals surface area contributed by atoms with Gasteiger partial charge in [0, 0.05) is 41.1 Å². The number of fused-ring (bicyclic) bond motifs is 1. The van der Waals surface area contributed by atoms with Gasteiger partial charge in [-0.3, -0.25) is 0 Å². The van der Waals surface area contributed by atoms with Gasteiger partial charge in [-0.05, 0) is 104 Å². The van der Waals surface area contributed by atoms with Crippen molar-refractivity contribution >= 4 is 36.2 Å². The highest BCUT2D eigenvalue weighted by atomic mass is 28.3. The molecule has 3 heterocycles. The Hall–Kier alpha value is -2.28. The molecule has 5 rings (SSSR count). The minimum Gasteiger partial charge on any atom is -0.378 e. The van der Waals surface area contributed by atoms with Crippen molar-refractivity contribution in [2.24, 2.45) is 0 Å². The van der Waals surface area contributed by atoms with Crippen LogP contribution in [0.5, 0.6) is 0 Å². The van der Waals surface area contributed by atoms with E-state index in [0.29, 0.717) is 22.5 Å². The summed E-state index contributed by atoms with van der Waals surface area (Å²) in [5, 5.41) is 5.21. The first-order valence-electron chi connectivity index (χ1n) is 15.3. The highest BCUT2D eigenvalue weighted by Crippen LogP contribution is 2.46. The molecule has 0 bridgehead atoms. The van der Waals surface area contributed by atoms with Gasteiger partial charge in [-0.15, -0.1) is 0 Å². The van der Waals surface area contributed by atoms with E-state index in [9.17, 15) is 0 Å². The zero-order chi connectivity index (χ0) is 27.7. The Morgan fingerprint density at radius 2 is 1.38 bits per heavy atom. The predicted molar refractivity (Wildman–Crippen MR) is 171 cm³/mol. The maximum Gasteiger partial charge on any atom is 0.169 e. The average molecular weight is 547 g/mol. The number of nitrogens with one attached hydrogen (secondary N) is 1. The number of rotatable bonds is 8. The normalized spacial score (nSPS) is 18.2. The number of nitrogens with zero attached hydrogens (tertiary/aromatic N) is 3. The quantitative estimate of drug-likeness (QED) is 0.290. The van der Waals surface area contributed by atoms with Gasteiger partial charge < -0.3 is 24.1 Å². The number of anilines is 3. The lowest BCUT2D eigenvalue weighted by Gasteiger charge is -2.44. The Bertz CT molecular complexity index is 1210. The summed E-state index contributed by atoms with van der Waals surface area (Å²) in [6.45, 7) is 20.8. The molecule has 0 spiro atoms. The molecule has 2 aliphatic heterocycles. The molecule has 5 nitrogen and oxygen atoms in total. The van der Waals surface area contributed by atoms with E-state index in [1.807, 2.05) is 0 Å². The van der Waals surface area contributed by atoms with Crippen LogP contribution in [0.15, 0.2) is 48.7 Å².